The van der Waals surface area contributed by atoms with Crippen LogP contribution in [0.1, 0.15) is 5.56 Å². The molecule has 4 N–H and O–H groups in total. The van der Waals surface area contributed by atoms with Crippen LogP contribution in [0, 0.1) is 5.82 Å². The van der Waals surface area contributed by atoms with E-state index < -0.39 is 12.0 Å². The van der Waals surface area contributed by atoms with Gasteiger partial charge in [-0.15, -0.1) is 0 Å². The van der Waals surface area contributed by atoms with Gasteiger partial charge < -0.3 is 20.6 Å². The average Bonchev–Trinajstić information content (AvgIpc) is 2.61. The van der Waals surface area contributed by atoms with Gasteiger partial charge in [0, 0.05) is 23.5 Å². The number of carboxylic acids is 1. The molecular weight excluding hydrogens is 211 g/mol. The van der Waals surface area contributed by atoms with Gasteiger partial charge >= 0.3 is 0 Å². The van der Waals surface area contributed by atoms with Crippen molar-refractivity contribution in [2.45, 2.75) is 12.5 Å². The fourth-order valence-corrected chi connectivity index (χ4v) is 1.67. The van der Waals surface area contributed by atoms with Crippen LogP contribution in [0.5, 0.6) is 0 Å². The van der Waals surface area contributed by atoms with Gasteiger partial charge in [-0.05, 0) is 23.8 Å². The molecule has 0 saturated carbocycles. The zero-order chi connectivity index (χ0) is 11.7. The van der Waals surface area contributed by atoms with Gasteiger partial charge in [-0.1, -0.05) is 0 Å². The Balaban J connectivity index is 2.37. The van der Waals surface area contributed by atoms with E-state index in [1.165, 1.54) is 12.1 Å². The monoisotopic (exact) mass is 222 g/mol. The van der Waals surface area contributed by atoms with Gasteiger partial charge in [0.05, 0.1) is 5.97 Å². The summed E-state index contributed by atoms with van der Waals surface area (Å²) in [5, 5.41) is 11.3. The molecule has 1 aromatic carbocycles. The molecule has 0 aliphatic rings. The minimum absolute atomic E-state index is 0.228. The number of H-pyrrole nitrogens is 1. The normalized spacial score (nSPS) is 12.9. The Labute approximate surface area is 90.9 Å². The number of quaternary nitrogens is 1. The molecule has 84 valence electrons. The molecule has 1 heterocycles. The predicted molar refractivity (Wildman–Crippen MR) is 53.6 cm³/mol. The fraction of sp³-hybridized carbons (Fsp3) is 0.182. The van der Waals surface area contributed by atoms with Crippen LogP contribution >= 0.6 is 0 Å². The van der Waals surface area contributed by atoms with Crippen molar-refractivity contribution in [3.8, 4) is 0 Å². The van der Waals surface area contributed by atoms with E-state index in [1.807, 2.05) is 0 Å². The van der Waals surface area contributed by atoms with Crippen LogP contribution in [0.3, 0.4) is 0 Å². The van der Waals surface area contributed by atoms with Gasteiger partial charge in [-0.2, -0.15) is 0 Å². The number of fused-ring (bicyclic) bond motifs is 1. The molecule has 1 aromatic heterocycles. The van der Waals surface area contributed by atoms with Crippen molar-refractivity contribution in [3.05, 3.63) is 35.8 Å². The van der Waals surface area contributed by atoms with Crippen LogP contribution in [-0.4, -0.2) is 17.0 Å². The predicted octanol–water partition coefficient (Wildman–Crippen LogP) is -0.790. The van der Waals surface area contributed by atoms with E-state index >= 15 is 0 Å². The topological polar surface area (TPSA) is 83.6 Å². The van der Waals surface area contributed by atoms with Crippen molar-refractivity contribution < 1.29 is 20.0 Å². The standard InChI is InChI=1S/C11H11FN2O2/c12-7-1-2-10-8(4-7)6(5-14-10)3-9(13)11(15)16/h1-2,4-5,9,14H,3,13H2,(H,15,16)/t9-/m1/s1. The van der Waals surface area contributed by atoms with Crippen LogP contribution in [-0.2, 0) is 11.2 Å². The lowest BCUT2D eigenvalue weighted by molar-refractivity contribution is -0.436. The third-order valence-electron chi connectivity index (χ3n) is 2.53. The van der Waals surface area contributed by atoms with E-state index in [9.17, 15) is 14.3 Å². The minimum atomic E-state index is -1.20. The number of carboxylic acid groups (broad SMARTS) is 1. The smallest absolute Gasteiger partial charge is 0.129 e. The first-order valence-corrected chi connectivity index (χ1v) is 4.87. The number of nitrogens with one attached hydrogen (secondary N) is 1. The van der Waals surface area contributed by atoms with E-state index in [0.29, 0.717) is 5.39 Å². The van der Waals surface area contributed by atoms with Crippen molar-refractivity contribution in [2.24, 2.45) is 0 Å². The van der Waals surface area contributed by atoms with Gasteiger partial charge in [0.1, 0.15) is 11.9 Å². The van der Waals surface area contributed by atoms with E-state index in [-0.39, 0.29) is 12.2 Å². The molecule has 0 fully saturated rings. The summed E-state index contributed by atoms with van der Waals surface area (Å²) >= 11 is 0. The number of carbonyl (C=O) groups is 1. The lowest BCUT2D eigenvalue weighted by Gasteiger charge is -2.08. The molecule has 0 radical (unpaired) electrons. The van der Waals surface area contributed by atoms with Crippen molar-refractivity contribution >= 4 is 16.9 Å². The Kier molecular flexibility index (Phi) is 2.62. The molecule has 0 bridgehead atoms. The third kappa shape index (κ3) is 1.90. The number of rotatable bonds is 3. The number of hydrogen-bond acceptors (Lipinski definition) is 2. The highest BCUT2D eigenvalue weighted by Gasteiger charge is 2.12. The SMILES string of the molecule is [NH3+][C@H](Cc1c[nH]c2ccc(F)cc12)C(=O)[O-]. The summed E-state index contributed by atoms with van der Waals surface area (Å²) in [5.74, 6) is -1.55. The summed E-state index contributed by atoms with van der Waals surface area (Å²) in [6.45, 7) is 0. The molecule has 2 aromatic rings. The number of aromatic nitrogens is 1. The number of aromatic amines is 1. The molecule has 0 aliphatic carbocycles. The summed E-state index contributed by atoms with van der Waals surface area (Å²) in [7, 11) is 0. The van der Waals surface area contributed by atoms with Gasteiger partial charge in [0.15, 0.2) is 0 Å². The van der Waals surface area contributed by atoms with Crippen LogP contribution < -0.4 is 10.8 Å². The number of hydrogen-bond donors (Lipinski definition) is 2. The molecule has 0 amide bonds. The molecule has 4 nitrogen and oxygen atoms in total. The maximum absolute atomic E-state index is 13.0. The number of benzene rings is 1. The first kappa shape index (κ1) is 10.6. The van der Waals surface area contributed by atoms with E-state index in [1.54, 1.807) is 12.3 Å². The molecule has 0 spiro atoms. The second-order valence-corrected chi connectivity index (χ2v) is 3.72. The Morgan fingerprint density at radius 1 is 1.56 bits per heavy atom. The van der Waals surface area contributed by atoms with Crippen LogP contribution in [0.2, 0.25) is 0 Å². The van der Waals surface area contributed by atoms with Gasteiger partial charge in [-0.3, -0.25) is 0 Å². The zero-order valence-corrected chi connectivity index (χ0v) is 8.50. The quantitative estimate of drug-likeness (QED) is 0.713. The molecule has 16 heavy (non-hydrogen) atoms. The van der Waals surface area contributed by atoms with Gasteiger partial charge in [0.25, 0.3) is 0 Å². The summed E-state index contributed by atoms with van der Waals surface area (Å²) in [4.78, 5) is 13.5. The van der Waals surface area contributed by atoms with Gasteiger partial charge in [0.2, 0.25) is 0 Å². The second-order valence-electron chi connectivity index (χ2n) is 3.72. The molecule has 0 unspecified atom stereocenters. The Hall–Kier alpha value is -1.88. The highest BCUT2D eigenvalue weighted by atomic mass is 19.1. The first-order chi connectivity index (χ1) is 7.58. The molecule has 2 rings (SSSR count). The van der Waals surface area contributed by atoms with E-state index in [0.717, 1.165) is 11.1 Å². The lowest BCUT2D eigenvalue weighted by Crippen LogP contribution is -2.69. The first-order valence-electron chi connectivity index (χ1n) is 4.87. The summed E-state index contributed by atoms with van der Waals surface area (Å²) < 4.78 is 13.0. The number of halogens is 1. The molecule has 1 atom stereocenters. The van der Waals surface area contributed by atoms with Crippen LogP contribution in [0.25, 0.3) is 10.9 Å². The fourth-order valence-electron chi connectivity index (χ4n) is 1.67. The molecular formula is C11H11FN2O2. The third-order valence-corrected chi connectivity index (χ3v) is 2.53. The molecule has 0 aliphatic heterocycles. The highest BCUT2D eigenvalue weighted by Crippen LogP contribution is 2.20. The Morgan fingerprint density at radius 2 is 2.31 bits per heavy atom. The second kappa shape index (κ2) is 3.94. The zero-order valence-electron chi connectivity index (χ0n) is 8.50. The lowest BCUT2D eigenvalue weighted by atomic mass is 10.1. The average molecular weight is 222 g/mol. The number of carbonyl (C=O) groups excluding carboxylic acids is 1. The maximum atomic E-state index is 13.0. The largest absolute Gasteiger partial charge is 0.544 e. The van der Waals surface area contributed by atoms with Crippen LogP contribution in [0.4, 0.5) is 4.39 Å². The number of aliphatic carboxylic acids is 1. The van der Waals surface area contributed by atoms with Crippen molar-refractivity contribution in [3.63, 3.8) is 0 Å². The maximum Gasteiger partial charge on any atom is 0.129 e. The van der Waals surface area contributed by atoms with Crippen LogP contribution in [0.15, 0.2) is 24.4 Å². The Morgan fingerprint density at radius 3 is 3.00 bits per heavy atom. The summed E-state index contributed by atoms with van der Waals surface area (Å²) in [6.07, 6.45) is 1.90. The van der Waals surface area contributed by atoms with Gasteiger partial charge in [-0.25, -0.2) is 4.39 Å². The summed E-state index contributed by atoms with van der Waals surface area (Å²) in [6, 6.07) is 3.51. The molecule has 0 saturated heterocycles. The van der Waals surface area contributed by atoms with Crippen molar-refractivity contribution in [1.29, 1.82) is 0 Å². The van der Waals surface area contributed by atoms with E-state index in [4.69, 9.17) is 0 Å². The Bertz CT molecular complexity index is 536. The highest BCUT2D eigenvalue weighted by molar-refractivity contribution is 5.84. The van der Waals surface area contributed by atoms with Crippen molar-refractivity contribution in [1.82, 2.24) is 4.98 Å². The molecule has 5 heteroatoms. The van der Waals surface area contributed by atoms with Crippen molar-refractivity contribution in [2.75, 3.05) is 0 Å². The summed E-state index contributed by atoms with van der Waals surface area (Å²) in [5.41, 5.74) is 4.99. The minimum Gasteiger partial charge on any atom is -0.544 e. The van der Waals surface area contributed by atoms with E-state index in [2.05, 4.69) is 10.7 Å².